The van der Waals surface area contributed by atoms with Gasteiger partial charge in [0.2, 0.25) is 0 Å². The van der Waals surface area contributed by atoms with E-state index in [1.54, 1.807) is 24.3 Å². The van der Waals surface area contributed by atoms with E-state index >= 15 is 0 Å². The lowest BCUT2D eigenvalue weighted by Crippen LogP contribution is -2.30. The Morgan fingerprint density at radius 3 is 2.54 bits per heavy atom. The highest BCUT2D eigenvalue weighted by molar-refractivity contribution is 5.96. The summed E-state index contributed by atoms with van der Waals surface area (Å²) in [5, 5.41) is 11.1. The first-order chi connectivity index (χ1) is 12.5. The highest BCUT2D eigenvalue weighted by Crippen LogP contribution is 2.12. The zero-order chi connectivity index (χ0) is 18.9. The minimum atomic E-state index is -0.701. The maximum absolute atomic E-state index is 13.7. The van der Waals surface area contributed by atoms with Crippen molar-refractivity contribution in [3.8, 4) is 11.8 Å². The van der Waals surface area contributed by atoms with Crippen molar-refractivity contribution in [2.45, 2.75) is 13.5 Å². The van der Waals surface area contributed by atoms with Gasteiger partial charge in [-0.25, -0.2) is 4.39 Å². The molecule has 26 heavy (non-hydrogen) atoms. The first-order valence-electron chi connectivity index (χ1n) is 7.88. The van der Waals surface area contributed by atoms with E-state index in [4.69, 9.17) is 14.7 Å². The Hall–Kier alpha value is -3.40. The van der Waals surface area contributed by atoms with Crippen LogP contribution in [0, 0.1) is 17.1 Å². The summed E-state index contributed by atoms with van der Waals surface area (Å²) in [5.41, 5.74) is 0.703. The van der Waals surface area contributed by atoms with Crippen molar-refractivity contribution in [2.24, 2.45) is 0 Å². The van der Waals surface area contributed by atoms with Gasteiger partial charge in [-0.3, -0.25) is 9.59 Å². The van der Waals surface area contributed by atoms with Crippen LogP contribution in [0.1, 0.15) is 28.4 Å². The molecule has 7 heteroatoms. The van der Waals surface area contributed by atoms with E-state index in [2.05, 4.69) is 5.32 Å². The number of halogens is 1. The molecule has 0 unspecified atom stereocenters. The summed E-state index contributed by atoms with van der Waals surface area (Å²) < 4.78 is 23.9. The van der Waals surface area contributed by atoms with Crippen molar-refractivity contribution in [2.75, 3.05) is 13.2 Å². The molecule has 0 spiro atoms. The molecule has 0 fully saturated rings. The quantitative estimate of drug-likeness (QED) is 0.770. The fraction of sp³-hybridized carbons (Fsp3) is 0.211. The number of benzene rings is 2. The minimum absolute atomic E-state index is 0.148. The third-order valence-electron chi connectivity index (χ3n) is 3.39. The summed E-state index contributed by atoms with van der Waals surface area (Å²) in [7, 11) is 0. The average Bonchev–Trinajstić information content (AvgIpc) is 2.65. The van der Waals surface area contributed by atoms with E-state index in [1.165, 1.54) is 12.1 Å². The number of carbonyl (C=O) groups excluding carboxylic acids is 2. The van der Waals surface area contributed by atoms with Gasteiger partial charge in [0.15, 0.2) is 0 Å². The molecule has 0 radical (unpaired) electrons. The Labute approximate surface area is 150 Å². The number of rotatable bonds is 7. The van der Waals surface area contributed by atoms with Crippen LogP contribution in [0.4, 0.5) is 4.39 Å². The number of hydrogen-bond donors (Lipinski definition) is 1. The van der Waals surface area contributed by atoms with Crippen LogP contribution in [0.25, 0.3) is 0 Å². The number of esters is 1. The molecule has 0 aliphatic rings. The molecule has 0 aromatic heterocycles. The first-order valence-corrected chi connectivity index (χ1v) is 7.88. The van der Waals surface area contributed by atoms with Gasteiger partial charge in [0.25, 0.3) is 5.91 Å². The van der Waals surface area contributed by atoms with Gasteiger partial charge in [-0.1, -0.05) is 6.07 Å². The van der Waals surface area contributed by atoms with Crippen LogP contribution in [-0.4, -0.2) is 25.0 Å². The van der Waals surface area contributed by atoms with Gasteiger partial charge in [0.1, 0.15) is 24.7 Å². The summed E-state index contributed by atoms with van der Waals surface area (Å²) in [6, 6.07) is 12.2. The Morgan fingerprint density at radius 2 is 1.92 bits per heavy atom. The summed E-state index contributed by atoms with van der Waals surface area (Å²) in [6.07, 6.45) is 0. The van der Waals surface area contributed by atoms with Crippen LogP contribution in [0.2, 0.25) is 0 Å². The molecule has 2 aromatic rings. The van der Waals surface area contributed by atoms with E-state index in [1.807, 2.05) is 13.0 Å². The molecule has 0 bridgehead atoms. The molecule has 2 aromatic carbocycles. The number of nitriles is 1. The molecule has 1 N–H and O–H groups in total. The lowest BCUT2D eigenvalue weighted by atomic mass is 10.1. The van der Waals surface area contributed by atoms with Crippen molar-refractivity contribution in [3.63, 3.8) is 0 Å². The molecule has 6 nitrogen and oxygen atoms in total. The summed E-state index contributed by atoms with van der Waals surface area (Å²) in [6.45, 7) is 1.76. The van der Waals surface area contributed by atoms with Crippen LogP contribution in [0.3, 0.4) is 0 Å². The Bertz CT molecular complexity index is 828. The first kappa shape index (κ1) is 18.9. The van der Waals surface area contributed by atoms with Crippen molar-refractivity contribution in [1.29, 1.82) is 5.26 Å². The second-order valence-corrected chi connectivity index (χ2v) is 5.22. The zero-order valence-electron chi connectivity index (χ0n) is 14.1. The van der Waals surface area contributed by atoms with Crippen molar-refractivity contribution in [1.82, 2.24) is 5.32 Å². The van der Waals surface area contributed by atoms with E-state index in [0.717, 1.165) is 6.07 Å². The molecule has 2 rings (SSSR count). The summed E-state index contributed by atoms with van der Waals surface area (Å²) in [4.78, 5) is 23.7. The fourth-order valence-electron chi connectivity index (χ4n) is 2.07. The Morgan fingerprint density at radius 1 is 1.19 bits per heavy atom. The molecular weight excluding hydrogens is 339 g/mol. The van der Waals surface area contributed by atoms with Gasteiger partial charge in [-0.15, -0.1) is 0 Å². The van der Waals surface area contributed by atoms with Crippen LogP contribution in [-0.2, 0) is 16.1 Å². The van der Waals surface area contributed by atoms with E-state index in [-0.39, 0.29) is 24.3 Å². The van der Waals surface area contributed by atoms with Crippen LogP contribution in [0.5, 0.6) is 5.75 Å². The fourth-order valence-corrected chi connectivity index (χ4v) is 2.07. The molecular formula is C19H17FN2O4. The molecule has 0 aliphatic heterocycles. The van der Waals surface area contributed by atoms with E-state index in [9.17, 15) is 14.0 Å². The van der Waals surface area contributed by atoms with Gasteiger partial charge in [0, 0.05) is 11.1 Å². The number of nitrogens with one attached hydrogen (secondary N) is 1. The number of amides is 1. The van der Waals surface area contributed by atoms with Crippen LogP contribution < -0.4 is 10.1 Å². The number of carbonyl (C=O) groups is 2. The van der Waals surface area contributed by atoms with E-state index < -0.39 is 17.7 Å². The molecule has 0 saturated carbocycles. The maximum Gasteiger partial charge on any atom is 0.325 e. The van der Waals surface area contributed by atoms with Gasteiger partial charge >= 0.3 is 5.97 Å². The third kappa shape index (κ3) is 5.31. The molecule has 134 valence electrons. The standard InChI is InChI=1S/C19H17FN2O4/c1-2-25-16-7-5-14(6-8-16)19(24)22-11-18(23)26-12-15-4-3-13(10-21)9-17(15)20/h3-9H,2,11-12H2,1H3,(H,22,24). The highest BCUT2D eigenvalue weighted by atomic mass is 19.1. The Balaban J connectivity index is 1.81. The van der Waals surface area contributed by atoms with Crippen molar-refractivity contribution >= 4 is 11.9 Å². The second-order valence-electron chi connectivity index (χ2n) is 5.22. The minimum Gasteiger partial charge on any atom is -0.494 e. The number of hydrogen-bond acceptors (Lipinski definition) is 5. The number of ether oxygens (including phenoxy) is 2. The number of nitrogens with zero attached hydrogens (tertiary/aromatic N) is 1. The topological polar surface area (TPSA) is 88.4 Å². The molecule has 0 saturated heterocycles. The maximum atomic E-state index is 13.7. The normalized spacial score (nSPS) is 9.88. The Kier molecular flexibility index (Phi) is 6.68. The highest BCUT2D eigenvalue weighted by Gasteiger charge is 2.11. The summed E-state index contributed by atoms with van der Waals surface area (Å²) in [5.74, 6) is -1.12. The monoisotopic (exact) mass is 356 g/mol. The second kappa shape index (κ2) is 9.18. The molecule has 0 atom stereocenters. The zero-order valence-corrected chi connectivity index (χ0v) is 14.1. The SMILES string of the molecule is CCOc1ccc(C(=O)NCC(=O)OCc2ccc(C#N)cc2F)cc1. The average molecular weight is 356 g/mol. The lowest BCUT2D eigenvalue weighted by Gasteiger charge is -2.08. The smallest absolute Gasteiger partial charge is 0.325 e. The van der Waals surface area contributed by atoms with Gasteiger partial charge in [-0.05, 0) is 43.3 Å². The van der Waals surface area contributed by atoms with Crippen molar-refractivity contribution in [3.05, 3.63) is 65.0 Å². The van der Waals surface area contributed by atoms with Gasteiger partial charge in [0.05, 0.1) is 18.2 Å². The van der Waals surface area contributed by atoms with Crippen LogP contribution >= 0.6 is 0 Å². The molecule has 0 aliphatic carbocycles. The predicted octanol–water partition coefficient (Wildman–Crippen LogP) is 2.57. The van der Waals surface area contributed by atoms with Gasteiger partial charge < -0.3 is 14.8 Å². The van der Waals surface area contributed by atoms with Crippen LogP contribution in [0.15, 0.2) is 42.5 Å². The predicted molar refractivity (Wildman–Crippen MR) is 90.9 cm³/mol. The molecule has 1 amide bonds. The largest absolute Gasteiger partial charge is 0.494 e. The van der Waals surface area contributed by atoms with E-state index in [0.29, 0.717) is 17.9 Å². The summed E-state index contributed by atoms with van der Waals surface area (Å²) >= 11 is 0. The lowest BCUT2D eigenvalue weighted by molar-refractivity contribution is -0.143. The van der Waals surface area contributed by atoms with Gasteiger partial charge in [-0.2, -0.15) is 5.26 Å². The van der Waals surface area contributed by atoms with Crippen molar-refractivity contribution < 1.29 is 23.5 Å². The molecule has 0 heterocycles. The third-order valence-corrected chi connectivity index (χ3v) is 3.39.